The quantitative estimate of drug-likeness (QED) is 0.798. The molecule has 0 radical (unpaired) electrons. The lowest BCUT2D eigenvalue weighted by atomic mass is 10.1. The lowest BCUT2D eigenvalue weighted by Crippen LogP contribution is -2.19. The molecule has 2 N–H and O–H groups in total. The SMILES string of the molecule is CNCC(O)c1c(OC)cccc1S(C)(=O)=O. The Kier molecular flexibility index (Phi) is 4.50. The summed E-state index contributed by atoms with van der Waals surface area (Å²) in [7, 11) is -0.276. The summed E-state index contributed by atoms with van der Waals surface area (Å²) in [5, 5.41) is 12.8. The standard InChI is InChI=1S/C11H17NO4S/c1-12-7-8(13)11-9(16-2)5-4-6-10(11)17(3,14)15/h4-6,8,12-13H,7H2,1-3H3. The van der Waals surface area contributed by atoms with Crippen LogP contribution in [-0.2, 0) is 9.84 Å². The van der Waals surface area contributed by atoms with Crippen LogP contribution < -0.4 is 10.1 Å². The van der Waals surface area contributed by atoms with Crippen LogP contribution in [0.3, 0.4) is 0 Å². The first-order valence-electron chi connectivity index (χ1n) is 5.11. The van der Waals surface area contributed by atoms with E-state index in [4.69, 9.17) is 4.74 Å². The molecule has 0 bridgehead atoms. The third-order valence-electron chi connectivity index (χ3n) is 2.38. The van der Waals surface area contributed by atoms with Gasteiger partial charge in [-0.3, -0.25) is 0 Å². The lowest BCUT2D eigenvalue weighted by molar-refractivity contribution is 0.170. The Hall–Kier alpha value is -1.11. The van der Waals surface area contributed by atoms with E-state index in [0.717, 1.165) is 6.26 Å². The number of methoxy groups -OCH3 is 1. The second-order valence-corrected chi connectivity index (χ2v) is 5.70. The molecule has 5 nitrogen and oxygen atoms in total. The maximum Gasteiger partial charge on any atom is 0.176 e. The zero-order chi connectivity index (χ0) is 13.1. The molecule has 0 amide bonds. The van der Waals surface area contributed by atoms with Crippen molar-refractivity contribution in [3.8, 4) is 5.75 Å². The number of aliphatic hydroxyl groups is 1. The van der Waals surface area contributed by atoms with E-state index < -0.39 is 15.9 Å². The van der Waals surface area contributed by atoms with Gasteiger partial charge in [-0.25, -0.2) is 8.42 Å². The number of sulfone groups is 1. The van der Waals surface area contributed by atoms with Crippen LogP contribution in [0.2, 0.25) is 0 Å². The molecule has 6 heteroatoms. The van der Waals surface area contributed by atoms with Gasteiger partial charge in [-0.2, -0.15) is 0 Å². The Morgan fingerprint density at radius 3 is 2.59 bits per heavy atom. The van der Waals surface area contributed by atoms with Crippen LogP contribution in [0.4, 0.5) is 0 Å². The molecule has 0 aromatic heterocycles. The van der Waals surface area contributed by atoms with Gasteiger partial charge in [0.05, 0.1) is 18.1 Å². The van der Waals surface area contributed by atoms with Crippen LogP contribution in [0.5, 0.6) is 5.75 Å². The summed E-state index contributed by atoms with van der Waals surface area (Å²) in [4.78, 5) is 0.0969. The average molecular weight is 259 g/mol. The summed E-state index contributed by atoms with van der Waals surface area (Å²) in [6, 6.07) is 4.68. The number of rotatable bonds is 5. The van der Waals surface area contributed by atoms with Crippen molar-refractivity contribution >= 4 is 9.84 Å². The number of likely N-dealkylation sites (N-methyl/N-ethyl adjacent to an activating group) is 1. The molecule has 0 aliphatic heterocycles. The molecular weight excluding hydrogens is 242 g/mol. The third kappa shape index (κ3) is 3.18. The molecule has 0 aliphatic rings. The van der Waals surface area contributed by atoms with Gasteiger partial charge in [-0.1, -0.05) is 6.07 Å². The summed E-state index contributed by atoms with van der Waals surface area (Å²) in [6.07, 6.45) is 0.179. The van der Waals surface area contributed by atoms with Gasteiger partial charge in [-0.05, 0) is 19.2 Å². The molecule has 1 aromatic carbocycles. The minimum Gasteiger partial charge on any atom is -0.496 e. The number of aliphatic hydroxyl groups excluding tert-OH is 1. The van der Waals surface area contributed by atoms with Crippen molar-refractivity contribution < 1.29 is 18.3 Å². The van der Waals surface area contributed by atoms with Gasteiger partial charge >= 0.3 is 0 Å². The molecule has 0 heterocycles. The topological polar surface area (TPSA) is 75.6 Å². The monoisotopic (exact) mass is 259 g/mol. The molecular formula is C11H17NO4S. The van der Waals surface area contributed by atoms with E-state index in [2.05, 4.69) is 5.32 Å². The maximum atomic E-state index is 11.6. The van der Waals surface area contributed by atoms with Crippen molar-refractivity contribution in [2.24, 2.45) is 0 Å². The summed E-state index contributed by atoms with van der Waals surface area (Å²) < 4.78 is 28.4. The van der Waals surface area contributed by atoms with Crippen LogP contribution >= 0.6 is 0 Å². The first-order chi connectivity index (χ1) is 7.91. The minimum atomic E-state index is -3.40. The summed E-state index contributed by atoms with van der Waals surface area (Å²) in [5.41, 5.74) is 0.298. The van der Waals surface area contributed by atoms with Crippen LogP contribution in [-0.4, -0.2) is 40.5 Å². The Morgan fingerprint density at radius 2 is 2.12 bits per heavy atom. The largest absolute Gasteiger partial charge is 0.496 e. The van der Waals surface area contributed by atoms with Crippen molar-refractivity contribution in [3.63, 3.8) is 0 Å². The smallest absolute Gasteiger partial charge is 0.176 e. The molecule has 0 fully saturated rings. The maximum absolute atomic E-state index is 11.6. The van der Waals surface area contributed by atoms with Crippen molar-refractivity contribution in [1.82, 2.24) is 5.32 Å². The van der Waals surface area contributed by atoms with Gasteiger partial charge in [0.2, 0.25) is 0 Å². The number of hydrogen-bond donors (Lipinski definition) is 2. The first kappa shape index (κ1) is 14.0. The Morgan fingerprint density at radius 1 is 1.47 bits per heavy atom. The van der Waals surface area contributed by atoms with Crippen LogP contribution in [0.1, 0.15) is 11.7 Å². The van der Waals surface area contributed by atoms with E-state index in [9.17, 15) is 13.5 Å². The molecule has 0 saturated heterocycles. The van der Waals surface area contributed by atoms with Gasteiger partial charge in [0.15, 0.2) is 9.84 Å². The van der Waals surface area contributed by atoms with E-state index in [1.54, 1.807) is 19.2 Å². The van der Waals surface area contributed by atoms with Gasteiger partial charge in [-0.15, -0.1) is 0 Å². The van der Waals surface area contributed by atoms with E-state index in [1.807, 2.05) is 0 Å². The van der Waals surface area contributed by atoms with Gasteiger partial charge in [0.25, 0.3) is 0 Å². The zero-order valence-corrected chi connectivity index (χ0v) is 10.9. The number of hydrogen-bond acceptors (Lipinski definition) is 5. The number of benzene rings is 1. The van der Waals surface area contributed by atoms with Crippen LogP contribution in [0.15, 0.2) is 23.1 Å². The highest BCUT2D eigenvalue weighted by Crippen LogP contribution is 2.31. The number of nitrogens with one attached hydrogen (secondary N) is 1. The second kappa shape index (κ2) is 5.48. The highest BCUT2D eigenvalue weighted by atomic mass is 32.2. The van der Waals surface area contributed by atoms with Crippen molar-refractivity contribution in [3.05, 3.63) is 23.8 Å². The van der Waals surface area contributed by atoms with Crippen LogP contribution in [0.25, 0.3) is 0 Å². The van der Waals surface area contributed by atoms with Crippen molar-refractivity contribution in [2.45, 2.75) is 11.0 Å². The molecule has 0 aliphatic carbocycles. The van der Waals surface area contributed by atoms with E-state index in [0.29, 0.717) is 11.3 Å². The zero-order valence-electron chi connectivity index (χ0n) is 10.1. The Labute approximate surface area is 101 Å². The normalized spacial score (nSPS) is 13.4. The van der Waals surface area contributed by atoms with Crippen LogP contribution in [0, 0.1) is 0 Å². The molecule has 1 atom stereocenters. The fourth-order valence-electron chi connectivity index (χ4n) is 1.65. The van der Waals surface area contributed by atoms with Crippen molar-refractivity contribution in [2.75, 3.05) is 27.0 Å². The fourth-order valence-corrected chi connectivity index (χ4v) is 2.61. The van der Waals surface area contributed by atoms with Gasteiger partial charge in [0, 0.05) is 18.4 Å². The third-order valence-corrected chi connectivity index (χ3v) is 3.53. The summed E-state index contributed by atoms with van der Waals surface area (Å²) in [6.45, 7) is 0.253. The molecule has 1 rings (SSSR count). The predicted octanol–water partition coefficient (Wildman–Crippen LogP) is 0.352. The second-order valence-electron chi connectivity index (χ2n) is 3.72. The predicted molar refractivity (Wildman–Crippen MR) is 65.0 cm³/mol. The van der Waals surface area contributed by atoms with E-state index >= 15 is 0 Å². The average Bonchev–Trinajstić information content (AvgIpc) is 2.27. The van der Waals surface area contributed by atoms with Gasteiger partial charge in [0.1, 0.15) is 5.75 Å². The van der Waals surface area contributed by atoms with Gasteiger partial charge < -0.3 is 15.2 Å². The van der Waals surface area contributed by atoms with E-state index in [1.165, 1.54) is 13.2 Å². The van der Waals surface area contributed by atoms with E-state index in [-0.39, 0.29) is 11.4 Å². The molecule has 0 spiro atoms. The molecule has 1 aromatic rings. The molecule has 0 saturated carbocycles. The fraction of sp³-hybridized carbons (Fsp3) is 0.455. The van der Waals surface area contributed by atoms with Crippen molar-refractivity contribution in [1.29, 1.82) is 0 Å². The summed E-state index contributed by atoms with van der Waals surface area (Å²) in [5.74, 6) is 0.371. The highest BCUT2D eigenvalue weighted by molar-refractivity contribution is 7.90. The number of ether oxygens (including phenoxy) is 1. The molecule has 17 heavy (non-hydrogen) atoms. The lowest BCUT2D eigenvalue weighted by Gasteiger charge is -2.17. The Bertz CT molecular complexity index is 484. The molecule has 96 valence electrons. The molecule has 1 unspecified atom stereocenters. The first-order valence-corrected chi connectivity index (χ1v) is 7.00. The summed E-state index contributed by atoms with van der Waals surface area (Å²) >= 11 is 0. The minimum absolute atomic E-state index is 0.0969. The Balaban J connectivity index is 3.41. The highest BCUT2D eigenvalue weighted by Gasteiger charge is 2.22.